The highest BCUT2D eigenvalue weighted by atomic mass is 19.1. The molecule has 2 aromatic heterocycles. The molecular weight excluding hydrogens is 273 g/mol. The average molecular weight is 285 g/mol. The Morgan fingerprint density at radius 1 is 1.33 bits per heavy atom. The standard InChI is InChI=1S/C15H12FN3O2/c1-21-15(20)14-11-8-17-7-6-13(11)19(18-14)9-10-4-2-3-5-12(10)16/h2-8H,9H2,1H3. The fourth-order valence-electron chi connectivity index (χ4n) is 2.18. The molecule has 6 heteroatoms. The smallest absolute Gasteiger partial charge is 0.359 e. The number of ether oxygens (including phenoxy) is 1. The fourth-order valence-corrected chi connectivity index (χ4v) is 2.18. The minimum absolute atomic E-state index is 0.178. The predicted octanol–water partition coefficient (Wildman–Crippen LogP) is 2.41. The molecule has 2 heterocycles. The van der Waals surface area contributed by atoms with Gasteiger partial charge in [-0.1, -0.05) is 18.2 Å². The van der Waals surface area contributed by atoms with E-state index in [1.54, 1.807) is 41.3 Å². The molecule has 3 rings (SSSR count). The first-order valence-corrected chi connectivity index (χ1v) is 6.33. The van der Waals surface area contributed by atoms with Gasteiger partial charge in [0, 0.05) is 18.0 Å². The zero-order valence-corrected chi connectivity index (χ0v) is 11.3. The van der Waals surface area contributed by atoms with Crippen molar-refractivity contribution < 1.29 is 13.9 Å². The van der Waals surface area contributed by atoms with Crippen molar-refractivity contribution in [1.29, 1.82) is 0 Å². The Balaban J connectivity index is 2.11. The summed E-state index contributed by atoms with van der Waals surface area (Å²) in [5.74, 6) is -0.852. The molecule has 1 aromatic carbocycles. The first kappa shape index (κ1) is 13.2. The maximum Gasteiger partial charge on any atom is 0.359 e. The molecule has 0 atom stereocenters. The second-order valence-electron chi connectivity index (χ2n) is 4.48. The Labute approximate surface area is 120 Å². The van der Waals surface area contributed by atoms with Crippen LogP contribution in [0.25, 0.3) is 10.9 Å². The Morgan fingerprint density at radius 2 is 2.14 bits per heavy atom. The average Bonchev–Trinajstić information content (AvgIpc) is 2.88. The monoisotopic (exact) mass is 285 g/mol. The number of carbonyl (C=O) groups excluding carboxylic acids is 1. The van der Waals surface area contributed by atoms with E-state index < -0.39 is 5.97 Å². The predicted molar refractivity (Wildman–Crippen MR) is 74.4 cm³/mol. The van der Waals surface area contributed by atoms with Crippen LogP contribution in [-0.2, 0) is 11.3 Å². The summed E-state index contributed by atoms with van der Waals surface area (Å²) < 4.78 is 20.0. The van der Waals surface area contributed by atoms with Crippen LogP contribution in [0.15, 0.2) is 42.7 Å². The lowest BCUT2D eigenvalue weighted by atomic mass is 10.2. The number of hydrogen-bond acceptors (Lipinski definition) is 4. The number of rotatable bonds is 3. The Morgan fingerprint density at radius 3 is 2.90 bits per heavy atom. The molecule has 0 fully saturated rings. The van der Waals surface area contributed by atoms with Gasteiger partial charge in [0.05, 0.1) is 24.6 Å². The van der Waals surface area contributed by atoms with Crippen LogP contribution < -0.4 is 0 Å². The lowest BCUT2D eigenvalue weighted by Gasteiger charge is -2.04. The molecule has 0 spiro atoms. The lowest BCUT2D eigenvalue weighted by molar-refractivity contribution is 0.0595. The van der Waals surface area contributed by atoms with Gasteiger partial charge in [-0.2, -0.15) is 5.10 Å². The van der Waals surface area contributed by atoms with Gasteiger partial charge in [0.1, 0.15) is 5.82 Å². The van der Waals surface area contributed by atoms with E-state index in [1.807, 2.05) is 0 Å². The second-order valence-corrected chi connectivity index (χ2v) is 4.48. The number of nitrogens with zero attached hydrogens (tertiary/aromatic N) is 3. The third-order valence-electron chi connectivity index (χ3n) is 3.21. The molecule has 0 unspecified atom stereocenters. The molecule has 0 N–H and O–H groups in total. The molecule has 0 radical (unpaired) electrons. The van der Waals surface area contributed by atoms with Gasteiger partial charge in [-0.15, -0.1) is 0 Å². The minimum atomic E-state index is -0.541. The largest absolute Gasteiger partial charge is 0.464 e. The van der Waals surface area contributed by atoms with Crippen LogP contribution in [-0.4, -0.2) is 27.8 Å². The van der Waals surface area contributed by atoms with Gasteiger partial charge in [-0.05, 0) is 12.1 Å². The Kier molecular flexibility index (Phi) is 3.35. The minimum Gasteiger partial charge on any atom is -0.464 e. The normalized spacial score (nSPS) is 10.8. The molecule has 0 saturated heterocycles. The van der Waals surface area contributed by atoms with Gasteiger partial charge in [0.25, 0.3) is 0 Å². The fraction of sp³-hybridized carbons (Fsp3) is 0.133. The summed E-state index contributed by atoms with van der Waals surface area (Å²) in [6.45, 7) is 0.226. The topological polar surface area (TPSA) is 57.0 Å². The Bertz CT molecular complexity index is 814. The summed E-state index contributed by atoms with van der Waals surface area (Å²) >= 11 is 0. The number of aromatic nitrogens is 3. The van der Waals surface area contributed by atoms with Crippen molar-refractivity contribution in [2.45, 2.75) is 6.54 Å². The van der Waals surface area contributed by atoms with E-state index in [0.717, 1.165) is 0 Å². The molecule has 3 aromatic rings. The highest BCUT2D eigenvalue weighted by Gasteiger charge is 2.18. The number of fused-ring (bicyclic) bond motifs is 1. The highest BCUT2D eigenvalue weighted by molar-refractivity contribution is 6.01. The van der Waals surface area contributed by atoms with Crippen LogP contribution in [0.4, 0.5) is 4.39 Å². The summed E-state index contributed by atoms with van der Waals surface area (Å²) in [5.41, 5.74) is 1.38. The van der Waals surface area contributed by atoms with Crippen LogP contribution in [0.1, 0.15) is 16.1 Å². The summed E-state index contributed by atoms with van der Waals surface area (Å²) in [5, 5.41) is 4.82. The first-order chi connectivity index (χ1) is 10.2. The van der Waals surface area contributed by atoms with E-state index in [4.69, 9.17) is 4.74 Å². The number of benzene rings is 1. The number of methoxy groups -OCH3 is 1. The van der Waals surface area contributed by atoms with E-state index in [9.17, 15) is 9.18 Å². The maximum atomic E-state index is 13.8. The van der Waals surface area contributed by atoms with Crippen LogP contribution in [0.5, 0.6) is 0 Å². The SMILES string of the molecule is COC(=O)c1nn(Cc2ccccc2F)c2ccncc12. The molecular formula is C15H12FN3O2. The van der Waals surface area contributed by atoms with E-state index in [1.165, 1.54) is 13.2 Å². The molecule has 21 heavy (non-hydrogen) atoms. The van der Waals surface area contributed by atoms with Crippen LogP contribution >= 0.6 is 0 Å². The highest BCUT2D eigenvalue weighted by Crippen LogP contribution is 2.20. The van der Waals surface area contributed by atoms with Gasteiger partial charge in [0.2, 0.25) is 0 Å². The number of esters is 1. The number of carbonyl (C=O) groups is 1. The van der Waals surface area contributed by atoms with E-state index >= 15 is 0 Å². The molecule has 5 nitrogen and oxygen atoms in total. The number of hydrogen-bond donors (Lipinski definition) is 0. The quantitative estimate of drug-likeness (QED) is 0.693. The summed E-state index contributed by atoms with van der Waals surface area (Å²) in [7, 11) is 1.29. The van der Waals surface area contributed by atoms with E-state index in [-0.39, 0.29) is 18.1 Å². The van der Waals surface area contributed by atoms with Crippen molar-refractivity contribution in [3.05, 3.63) is 59.8 Å². The zero-order chi connectivity index (χ0) is 14.8. The van der Waals surface area contributed by atoms with Crippen molar-refractivity contribution in [2.24, 2.45) is 0 Å². The lowest BCUT2D eigenvalue weighted by Crippen LogP contribution is -2.07. The molecule has 0 saturated carbocycles. The number of pyridine rings is 1. The maximum absolute atomic E-state index is 13.8. The molecule has 0 aliphatic rings. The third kappa shape index (κ3) is 2.35. The van der Waals surface area contributed by atoms with Gasteiger partial charge < -0.3 is 4.74 Å². The van der Waals surface area contributed by atoms with Crippen molar-refractivity contribution in [1.82, 2.24) is 14.8 Å². The van der Waals surface area contributed by atoms with Crippen molar-refractivity contribution in [3.8, 4) is 0 Å². The van der Waals surface area contributed by atoms with Gasteiger partial charge in [-0.25, -0.2) is 9.18 Å². The van der Waals surface area contributed by atoms with Crippen molar-refractivity contribution in [2.75, 3.05) is 7.11 Å². The summed E-state index contributed by atoms with van der Waals surface area (Å²) in [4.78, 5) is 15.8. The van der Waals surface area contributed by atoms with Crippen LogP contribution in [0.3, 0.4) is 0 Å². The van der Waals surface area contributed by atoms with Gasteiger partial charge in [0.15, 0.2) is 5.69 Å². The first-order valence-electron chi connectivity index (χ1n) is 6.33. The molecule has 0 bridgehead atoms. The number of halogens is 1. The summed E-state index contributed by atoms with van der Waals surface area (Å²) in [6, 6.07) is 8.19. The van der Waals surface area contributed by atoms with Gasteiger partial charge in [-0.3, -0.25) is 9.67 Å². The van der Waals surface area contributed by atoms with Crippen molar-refractivity contribution in [3.63, 3.8) is 0 Å². The van der Waals surface area contributed by atoms with Crippen LogP contribution in [0.2, 0.25) is 0 Å². The van der Waals surface area contributed by atoms with Gasteiger partial charge >= 0.3 is 5.97 Å². The second kappa shape index (κ2) is 5.32. The molecule has 0 amide bonds. The Hall–Kier alpha value is -2.76. The third-order valence-corrected chi connectivity index (χ3v) is 3.21. The van der Waals surface area contributed by atoms with Crippen LogP contribution in [0, 0.1) is 5.82 Å². The molecule has 0 aliphatic carbocycles. The zero-order valence-electron chi connectivity index (χ0n) is 11.3. The van der Waals surface area contributed by atoms with E-state index in [2.05, 4.69) is 10.1 Å². The molecule has 0 aliphatic heterocycles. The molecule has 106 valence electrons. The van der Waals surface area contributed by atoms with Crippen molar-refractivity contribution >= 4 is 16.9 Å². The van der Waals surface area contributed by atoms with E-state index in [0.29, 0.717) is 16.5 Å². The summed E-state index contributed by atoms with van der Waals surface area (Å²) in [6.07, 6.45) is 3.15.